The summed E-state index contributed by atoms with van der Waals surface area (Å²) in [4.78, 5) is 15.0. The van der Waals surface area contributed by atoms with E-state index in [0.717, 1.165) is 5.69 Å². The molecule has 2 N–H and O–H groups in total. The van der Waals surface area contributed by atoms with Gasteiger partial charge in [-0.25, -0.2) is 4.98 Å². The molecule has 0 aliphatic rings. The van der Waals surface area contributed by atoms with Gasteiger partial charge in [0.05, 0.1) is 0 Å². The van der Waals surface area contributed by atoms with Crippen molar-refractivity contribution in [2.45, 2.75) is 13.5 Å². The van der Waals surface area contributed by atoms with Gasteiger partial charge in [-0.3, -0.25) is 4.79 Å². The Hall–Kier alpha value is -1.36. The highest BCUT2D eigenvalue weighted by atomic mass is 16.5. The van der Waals surface area contributed by atoms with Gasteiger partial charge in [-0.1, -0.05) is 0 Å². The highest BCUT2D eigenvalue weighted by molar-refractivity contribution is 5.92. The number of carbonyl (C=O) groups is 1. The van der Waals surface area contributed by atoms with Gasteiger partial charge in [-0.2, -0.15) is 0 Å². The van der Waals surface area contributed by atoms with Crippen LogP contribution >= 0.6 is 0 Å². The first-order valence-electron chi connectivity index (χ1n) is 3.88. The van der Waals surface area contributed by atoms with E-state index in [1.165, 1.54) is 0 Å². The van der Waals surface area contributed by atoms with E-state index in [1.54, 1.807) is 18.6 Å². The van der Waals surface area contributed by atoms with Gasteiger partial charge in [-0.15, -0.1) is 0 Å². The van der Waals surface area contributed by atoms with Gasteiger partial charge in [0.25, 0.3) is 5.91 Å². The van der Waals surface area contributed by atoms with Crippen molar-refractivity contribution in [3.05, 3.63) is 17.2 Å². The number of nitrogens with zero attached hydrogens (tertiary/aromatic N) is 2. The number of hydrogen-bond acceptors (Lipinski definition) is 3. The largest absolute Gasteiger partial charge is 0.377 e. The number of nitrogens with two attached hydrogens (primary N) is 1. The zero-order chi connectivity index (χ0) is 10.0. The van der Waals surface area contributed by atoms with Crippen molar-refractivity contribution in [1.82, 2.24) is 9.55 Å². The Morgan fingerprint density at radius 3 is 2.69 bits per heavy atom. The van der Waals surface area contributed by atoms with Crippen LogP contribution in [0.1, 0.15) is 22.0 Å². The van der Waals surface area contributed by atoms with Crippen LogP contribution < -0.4 is 5.73 Å². The maximum absolute atomic E-state index is 10.9. The van der Waals surface area contributed by atoms with Gasteiger partial charge < -0.3 is 15.0 Å². The van der Waals surface area contributed by atoms with Crippen LogP contribution in [0.3, 0.4) is 0 Å². The van der Waals surface area contributed by atoms with Crippen LogP contribution in [0.5, 0.6) is 0 Å². The zero-order valence-corrected chi connectivity index (χ0v) is 8.00. The second kappa shape index (κ2) is 3.57. The second-order valence-electron chi connectivity index (χ2n) is 2.82. The molecule has 0 unspecified atom stereocenters. The molecule has 0 aromatic carbocycles. The smallest absolute Gasteiger partial charge is 0.269 e. The lowest BCUT2D eigenvalue weighted by Crippen LogP contribution is -2.13. The van der Waals surface area contributed by atoms with Gasteiger partial charge >= 0.3 is 0 Å². The number of ether oxygens (including phenoxy) is 1. The van der Waals surface area contributed by atoms with E-state index in [4.69, 9.17) is 10.5 Å². The maximum Gasteiger partial charge on any atom is 0.269 e. The molecular formula is C8H13N3O2. The number of hydrogen-bond donors (Lipinski definition) is 1. The molecule has 0 aliphatic heterocycles. The molecular weight excluding hydrogens is 170 g/mol. The lowest BCUT2D eigenvalue weighted by atomic mass is 10.3. The van der Waals surface area contributed by atoms with Crippen LogP contribution in [-0.2, 0) is 18.4 Å². The van der Waals surface area contributed by atoms with Crippen molar-refractivity contribution in [3.8, 4) is 0 Å². The Morgan fingerprint density at radius 2 is 2.31 bits per heavy atom. The minimum absolute atomic E-state index is 0.314. The molecule has 1 amide bonds. The molecule has 0 fully saturated rings. The van der Waals surface area contributed by atoms with E-state index in [-0.39, 0.29) is 0 Å². The van der Waals surface area contributed by atoms with Gasteiger partial charge in [0.15, 0.2) is 0 Å². The van der Waals surface area contributed by atoms with Gasteiger partial charge in [0, 0.05) is 19.9 Å². The number of carbonyl (C=O) groups excluding carboxylic acids is 1. The third-order valence-corrected chi connectivity index (χ3v) is 1.98. The minimum atomic E-state index is -0.504. The van der Waals surface area contributed by atoms with E-state index >= 15 is 0 Å². The summed E-state index contributed by atoms with van der Waals surface area (Å²) in [6.45, 7) is 2.18. The molecule has 0 radical (unpaired) electrons. The highest BCUT2D eigenvalue weighted by Gasteiger charge is 2.14. The number of amides is 1. The van der Waals surface area contributed by atoms with E-state index in [9.17, 15) is 4.79 Å². The molecule has 0 saturated carbocycles. The van der Waals surface area contributed by atoms with Crippen molar-refractivity contribution in [1.29, 1.82) is 0 Å². The summed E-state index contributed by atoms with van der Waals surface area (Å²) >= 11 is 0. The van der Waals surface area contributed by atoms with Crippen LogP contribution in [0.2, 0.25) is 0 Å². The quantitative estimate of drug-likeness (QED) is 0.715. The molecule has 0 aliphatic carbocycles. The summed E-state index contributed by atoms with van der Waals surface area (Å²) in [5.74, 6) is 0.198. The molecule has 1 aromatic rings. The van der Waals surface area contributed by atoms with Crippen LogP contribution in [0.4, 0.5) is 0 Å². The summed E-state index contributed by atoms with van der Waals surface area (Å²) in [5, 5.41) is 0. The number of rotatable bonds is 3. The topological polar surface area (TPSA) is 70.1 Å². The number of methoxy groups -OCH3 is 1. The van der Waals surface area contributed by atoms with E-state index in [2.05, 4.69) is 4.98 Å². The predicted molar refractivity (Wildman–Crippen MR) is 47.2 cm³/mol. The summed E-state index contributed by atoms with van der Waals surface area (Å²) in [7, 11) is 3.40. The fourth-order valence-corrected chi connectivity index (χ4v) is 1.13. The first-order chi connectivity index (χ1) is 6.07. The molecule has 13 heavy (non-hydrogen) atoms. The molecule has 1 aromatic heterocycles. The number of imidazole rings is 1. The Bertz CT molecular complexity index is 330. The Morgan fingerprint density at radius 1 is 1.69 bits per heavy atom. The van der Waals surface area contributed by atoms with E-state index in [0.29, 0.717) is 18.1 Å². The first-order valence-corrected chi connectivity index (χ1v) is 3.88. The van der Waals surface area contributed by atoms with Crippen molar-refractivity contribution in [2.75, 3.05) is 7.11 Å². The van der Waals surface area contributed by atoms with Crippen molar-refractivity contribution < 1.29 is 9.53 Å². The Kier molecular flexibility index (Phi) is 2.67. The van der Waals surface area contributed by atoms with Gasteiger partial charge in [0.2, 0.25) is 0 Å². The first kappa shape index (κ1) is 9.73. The minimum Gasteiger partial charge on any atom is -0.377 e. The van der Waals surface area contributed by atoms with Crippen LogP contribution in [-0.4, -0.2) is 22.6 Å². The fraction of sp³-hybridized carbons (Fsp3) is 0.500. The van der Waals surface area contributed by atoms with Gasteiger partial charge in [0.1, 0.15) is 18.1 Å². The average molecular weight is 183 g/mol. The number of aromatic nitrogens is 2. The van der Waals surface area contributed by atoms with Crippen molar-refractivity contribution >= 4 is 5.91 Å². The molecule has 1 rings (SSSR count). The molecule has 5 heteroatoms. The summed E-state index contributed by atoms with van der Waals surface area (Å²) in [6, 6.07) is 0. The molecule has 5 nitrogen and oxygen atoms in total. The van der Waals surface area contributed by atoms with Gasteiger partial charge in [-0.05, 0) is 6.92 Å². The molecule has 0 atom stereocenters. The second-order valence-corrected chi connectivity index (χ2v) is 2.82. The third kappa shape index (κ3) is 1.70. The normalized spacial score (nSPS) is 10.4. The molecule has 0 bridgehead atoms. The van der Waals surface area contributed by atoms with E-state index < -0.39 is 5.91 Å². The number of primary amides is 1. The predicted octanol–water partition coefficient (Wildman–Crippen LogP) is -0.0262. The average Bonchev–Trinajstić information content (AvgIpc) is 2.33. The summed E-state index contributed by atoms with van der Waals surface area (Å²) in [5.41, 5.74) is 6.22. The van der Waals surface area contributed by atoms with Crippen molar-refractivity contribution in [2.24, 2.45) is 12.8 Å². The van der Waals surface area contributed by atoms with Crippen LogP contribution in [0.25, 0.3) is 0 Å². The maximum atomic E-state index is 10.9. The third-order valence-electron chi connectivity index (χ3n) is 1.98. The monoisotopic (exact) mass is 183 g/mol. The van der Waals surface area contributed by atoms with Crippen LogP contribution in [0.15, 0.2) is 0 Å². The lowest BCUT2D eigenvalue weighted by molar-refractivity contribution is 0.0995. The molecule has 0 saturated heterocycles. The zero-order valence-electron chi connectivity index (χ0n) is 8.00. The SMILES string of the molecule is COCc1nc(C(N)=O)c(C)n1C. The lowest BCUT2D eigenvalue weighted by Gasteiger charge is -2.00. The molecule has 72 valence electrons. The summed E-state index contributed by atoms with van der Waals surface area (Å²) < 4.78 is 6.72. The Labute approximate surface area is 76.5 Å². The van der Waals surface area contributed by atoms with Crippen molar-refractivity contribution in [3.63, 3.8) is 0 Å². The fourth-order valence-electron chi connectivity index (χ4n) is 1.13. The van der Waals surface area contributed by atoms with Crippen LogP contribution in [0, 0.1) is 6.92 Å². The highest BCUT2D eigenvalue weighted by Crippen LogP contribution is 2.08. The standard InChI is InChI=1S/C8H13N3O2/c1-5-7(8(9)12)10-6(4-13-3)11(5)2/h4H2,1-3H3,(H2,9,12). The summed E-state index contributed by atoms with van der Waals surface area (Å²) in [6.07, 6.45) is 0. The molecule has 1 heterocycles. The van der Waals surface area contributed by atoms with E-state index in [1.807, 2.05) is 7.05 Å². The molecule has 0 spiro atoms. The Balaban J connectivity index is 3.12.